The maximum Gasteiger partial charge on any atom is 0.328 e. The van der Waals surface area contributed by atoms with Crippen LogP contribution in [0.2, 0.25) is 5.02 Å². The molecule has 0 aliphatic carbocycles. The number of hydrogen-bond acceptors (Lipinski definition) is 9. The molecular formula is C35H43ClN6O8S. The van der Waals surface area contributed by atoms with Crippen LogP contribution in [0.15, 0.2) is 77.7 Å². The molecule has 1 aliphatic heterocycles. The molecule has 1 unspecified atom stereocenters. The molecule has 274 valence electrons. The van der Waals surface area contributed by atoms with Gasteiger partial charge in [-0.1, -0.05) is 81.8 Å². The molecule has 4 rings (SSSR count). The van der Waals surface area contributed by atoms with Crippen molar-refractivity contribution in [3.63, 3.8) is 0 Å². The number of aliphatic hydroxyl groups excluding tert-OH is 1. The van der Waals surface area contributed by atoms with Gasteiger partial charge in [-0.15, -0.1) is 0 Å². The summed E-state index contributed by atoms with van der Waals surface area (Å²) in [6.07, 6.45) is -1.30. The molecule has 1 heterocycles. The van der Waals surface area contributed by atoms with Gasteiger partial charge < -0.3 is 21.1 Å². The molecule has 14 nitrogen and oxygen atoms in total. The van der Waals surface area contributed by atoms with Crippen LogP contribution < -0.4 is 11.1 Å². The number of imide groups is 1. The SMILES string of the molecule is CC(C)CN(C[C@@H](O)[C@H](Cc1ccccc1)NC(=O)C(C(C)C)N1CC(=O)N(Cc2cccc([N+](=O)[O-])c2)C1=O)S(=O)(=O)c1ccc(Cl)c(N)c1. The third kappa shape index (κ3) is 9.61. The third-order valence-corrected chi connectivity index (χ3v) is 10.6. The van der Waals surface area contributed by atoms with E-state index in [1.807, 2.05) is 19.9 Å². The van der Waals surface area contributed by atoms with Crippen molar-refractivity contribution in [2.24, 2.45) is 11.8 Å². The predicted molar refractivity (Wildman–Crippen MR) is 192 cm³/mol. The number of nitro benzene ring substituents is 1. The summed E-state index contributed by atoms with van der Waals surface area (Å²) >= 11 is 6.04. The Hall–Kier alpha value is -4.57. The zero-order valence-electron chi connectivity index (χ0n) is 28.8. The minimum atomic E-state index is -4.17. The van der Waals surface area contributed by atoms with E-state index in [2.05, 4.69) is 5.32 Å². The van der Waals surface area contributed by atoms with E-state index in [1.54, 1.807) is 44.2 Å². The summed E-state index contributed by atoms with van der Waals surface area (Å²) in [7, 11) is -4.17. The highest BCUT2D eigenvalue weighted by molar-refractivity contribution is 7.89. The van der Waals surface area contributed by atoms with Gasteiger partial charge in [0.1, 0.15) is 12.6 Å². The number of nitrogens with zero attached hydrogens (tertiary/aromatic N) is 4. The first-order chi connectivity index (χ1) is 24.0. The minimum Gasteiger partial charge on any atom is -0.397 e. The molecule has 0 saturated carbocycles. The van der Waals surface area contributed by atoms with Crippen molar-refractivity contribution in [1.29, 1.82) is 0 Å². The molecule has 3 atom stereocenters. The van der Waals surface area contributed by atoms with Gasteiger partial charge in [-0.05, 0) is 47.6 Å². The number of nitrogen functional groups attached to an aromatic ring is 1. The Balaban J connectivity index is 1.60. The van der Waals surface area contributed by atoms with E-state index in [0.29, 0.717) is 5.56 Å². The topological polar surface area (TPSA) is 196 Å². The molecule has 4 amide bonds. The second kappa shape index (κ2) is 16.6. The maximum atomic E-state index is 14.1. The summed E-state index contributed by atoms with van der Waals surface area (Å²) < 4.78 is 28.8. The summed E-state index contributed by atoms with van der Waals surface area (Å²) in [5.41, 5.74) is 6.91. The van der Waals surface area contributed by atoms with Crippen molar-refractivity contribution < 1.29 is 32.8 Å². The fourth-order valence-corrected chi connectivity index (χ4v) is 7.73. The van der Waals surface area contributed by atoms with Gasteiger partial charge in [-0.2, -0.15) is 4.31 Å². The van der Waals surface area contributed by atoms with Crippen molar-refractivity contribution in [3.8, 4) is 0 Å². The summed E-state index contributed by atoms with van der Waals surface area (Å²) in [4.78, 5) is 53.4. The molecule has 0 bridgehead atoms. The van der Waals surface area contributed by atoms with E-state index in [4.69, 9.17) is 17.3 Å². The van der Waals surface area contributed by atoms with Crippen LogP contribution in [-0.4, -0.2) is 88.2 Å². The lowest BCUT2D eigenvalue weighted by Crippen LogP contribution is -2.57. The molecule has 16 heteroatoms. The van der Waals surface area contributed by atoms with E-state index in [1.165, 1.54) is 36.4 Å². The van der Waals surface area contributed by atoms with Crippen molar-refractivity contribution >= 4 is 50.8 Å². The van der Waals surface area contributed by atoms with Crippen LogP contribution >= 0.6 is 11.6 Å². The van der Waals surface area contributed by atoms with Gasteiger partial charge in [-0.3, -0.25) is 24.6 Å². The van der Waals surface area contributed by atoms with Gasteiger partial charge in [0.25, 0.3) is 11.6 Å². The maximum absolute atomic E-state index is 14.1. The molecular weight excluding hydrogens is 700 g/mol. The smallest absolute Gasteiger partial charge is 0.328 e. The predicted octanol–water partition coefficient (Wildman–Crippen LogP) is 4.05. The first-order valence-corrected chi connectivity index (χ1v) is 18.2. The Bertz CT molecular complexity index is 1860. The Labute approximate surface area is 302 Å². The highest BCUT2D eigenvalue weighted by Crippen LogP contribution is 2.27. The van der Waals surface area contributed by atoms with Crippen LogP contribution in [-0.2, 0) is 32.6 Å². The Morgan fingerprint density at radius 1 is 1.02 bits per heavy atom. The van der Waals surface area contributed by atoms with Gasteiger partial charge in [0.05, 0.1) is 39.2 Å². The second-order valence-corrected chi connectivity index (χ2v) is 15.6. The fraction of sp³-hybridized carbons (Fsp3) is 0.400. The van der Waals surface area contributed by atoms with E-state index in [0.717, 1.165) is 19.7 Å². The van der Waals surface area contributed by atoms with Gasteiger partial charge >= 0.3 is 6.03 Å². The quantitative estimate of drug-likeness (QED) is 0.0839. The monoisotopic (exact) mass is 742 g/mol. The fourth-order valence-electron chi connectivity index (χ4n) is 5.95. The number of hydrogen-bond donors (Lipinski definition) is 3. The van der Waals surface area contributed by atoms with Crippen LogP contribution in [0.4, 0.5) is 16.2 Å². The first-order valence-electron chi connectivity index (χ1n) is 16.4. The molecule has 0 radical (unpaired) electrons. The van der Waals surface area contributed by atoms with Crippen LogP contribution in [0.1, 0.15) is 38.8 Å². The number of aliphatic hydroxyl groups is 1. The summed E-state index contributed by atoms with van der Waals surface area (Å²) in [6, 6.07) is 15.7. The number of benzene rings is 3. The van der Waals surface area contributed by atoms with E-state index >= 15 is 0 Å². The summed E-state index contributed by atoms with van der Waals surface area (Å²) in [5, 5.41) is 26.0. The average Bonchev–Trinajstić information content (AvgIpc) is 3.33. The lowest BCUT2D eigenvalue weighted by molar-refractivity contribution is -0.384. The van der Waals surface area contributed by atoms with Crippen molar-refractivity contribution in [2.45, 2.75) is 63.7 Å². The zero-order chi connectivity index (χ0) is 37.6. The largest absolute Gasteiger partial charge is 0.397 e. The standard InChI is InChI=1S/C35H43ClN6O8S/c1-22(2)18-39(51(49,50)27-13-14-28(36)29(37)17-27)20-31(43)30(16-24-9-6-5-7-10-24)38-34(45)33(23(3)4)41-21-32(44)40(35(41)46)19-25-11-8-12-26(15-25)42(47)48/h5-15,17,22-23,30-31,33,43H,16,18-21,37H2,1-4H3,(H,38,45)/t30-,31+,33?/m0/s1. The first kappa shape index (κ1) is 39.2. The Morgan fingerprint density at radius 3 is 2.29 bits per heavy atom. The number of sulfonamides is 1. The minimum absolute atomic E-state index is 0.0490. The molecule has 4 N–H and O–H groups in total. The number of carbonyl (C=O) groups is 3. The molecule has 3 aromatic carbocycles. The molecule has 0 spiro atoms. The normalized spacial score (nSPS) is 15.5. The molecule has 1 aliphatic rings. The molecule has 0 aromatic heterocycles. The number of nitrogens with two attached hydrogens (primary N) is 1. The van der Waals surface area contributed by atoms with Crippen molar-refractivity contribution in [2.75, 3.05) is 25.4 Å². The number of nitrogens with one attached hydrogen (secondary N) is 1. The average molecular weight is 743 g/mol. The van der Waals surface area contributed by atoms with Crippen LogP contribution in [0.25, 0.3) is 0 Å². The number of anilines is 1. The van der Waals surface area contributed by atoms with E-state index in [-0.39, 0.29) is 53.3 Å². The van der Waals surface area contributed by atoms with Crippen LogP contribution in [0.3, 0.4) is 0 Å². The Morgan fingerprint density at radius 2 is 1.69 bits per heavy atom. The van der Waals surface area contributed by atoms with E-state index in [9.17, 15) is 38.0 Å². The lowest BCUT2D eigenvalue weighted by Gasteiger charge is -2.34. The number of non-ortho nitro benzene ring substituents is 1. The number of halogens is 1. The second-order valence-electron chi connectivity index (χ2n) is 13.3. The van der Waals surface area contributed by atoms with Gasteiger partial charge in [0.15, 0.2) is 0 Å². The summed E-state index contributed by atoms with van der Waals surface area (Å²) in [6.45, 7) is 6.12. The number of rotatable bonds is 16. The number of amides is 4. The zero-order valence-corrected chi connectivity index (χ0v) is 30.4. The number of carbonyl (C=O) groups excluding carboxylic acids is 3. The molecule has 1 fully saturated rings. The van der Waals surface area contributed by atoms with Gasteiger partial charge in [0.2, 0.25) is 15.9 Å². The van der Waals surface area contributed by atoms with E-state index < -0.39 is 63.4 Å². The van der Waals surface area contributed by atoms with Crippen molar-refractivity contribution in [1.82, 2.24) is 19.4 Å². The van der Waals surface area contributed by atoms with Gasteiger partial charge in [0, 0.05) is 25.2 Å². The number of urea groups is 1. The molecule has 1 saturated heterocycles. The highest BCUT2D eigenvalue weighted by Gasteiger charge is 2.44. The summed E-state index contributed by atoms with van der Waals surface area (Å²) in [5.74, 6) is -1.84. The van der Waals surface area contributed by atoms with Crippen LogP contribution in [0, 0.1) is 22.0 Å². The molecule has 3 aromatic rings. The third-order valence-electron chi connectivity index (χ3n) is 8.44. The Kier molecular flexibility index (Phi) is 12.8. The van der Waals surface area contributed by atoms with Crippen molar-refractivity contribution in [3.05, 3.63) is 99.1 Å². The molecule has 51 heavy (non-hydrogen) atoms. The number of nitro groups is 1. The van der Waals surface area contributed by atoms with Gasteiger partial charge in [-0.25, -0.2) is 13.2 Å². The lowest BCUT2D eigenvalue weighted by atomic mass is 9.97. The highest BCUT2D eigenvalue weighted by atomic mass is 35.5. The van der Waals surface area contributed by atoms with Crippen LogP contribution in [0.5, 0.6) is 0 Å².